The molecule has 4 rings (SSSR count). The van der Waals surface area contributed by atoms with Gasteiger partial charge in [-0.3, -0.25) is 9.80 Å². The first-order valence-corrected chi connectivity index (χ1v) is 12.9. The van der Waals surface area contributed by atoms with E-state index in [1.165, 1.54) is 11.1 Å². The first kappa shape index (κ1) is 27.0. The zero-order valence-corrected chi connectivity index (χ0v) is 21.7. The van der Waals surface area contributed by atoms with Gasteiger partial charge in [-0.1, -0.05) is 48.6 Å². The summed E-state index contributed by atoms with van der Waals surface area (Å²) in [4.78, 5) is 29.4. The van der Waals surface area contributed by atoms with Crippen LogP contribution in [0.3, 0.4) is 0 Å². The van der Waals surface area contributed by atoms with E-state index in [1.54, 1.807) is 12.1 Å². The summed E-state index contributed by atoms with van der Waals surface area (Å²) in [5.41, 5.74) is 4.39. The Morgan fingerprint density at radius 2 is 1.18 bits per heavy atom. The van der Waals surface area contributed by atoms with Crippen LogP contribution in [0.2, 0.25) is 0 Å². The maximum Gasteiger partial charge on any atom is 0.336 e. The predicted molar refractivity (Wildman–Crippen MR) is 152 cm³/mol. The molecule has 0 spiro atoms. The topological polar surface area (TPSA) is 59.1 Å². The van der Waals surface area contributed by atoms with Gasteiger partial charge in [-0.15, -0.1) is 13.2 Å². The standard InChI is InChI=1S/C32H34N2O4/c1-3-17-33-19-7-11-27(23-33)25-9-5-13-29(21-25)37-31(35)15-16-32(36)38-30-14-6-10-26(22-30)28-12-8-20-34(24-28)18-4-2/h3-6,9-16,21-22H,1-2,7-8,17-20,23-24H2/b16-15+. The molecule has 2 aromatic rings. The van der Waals surface area contributed by atoms with Crippen molar-refractivity contribution in [2.24, 2.45) is 0 Å². The minimum absolute atomic E-state index is 0.422. The van der Waals surface area contributed by atoms with Crippen LogP contribution in [0.1, 0.15) is 24.0 Å². The van der Waals surface area contributed by atoms with Crippen LogP contribution in [0.25, 0.3) is 11.1 Å². The number of carbonyl (C=O) groups excluding carboxylic acids is 2. The fourth-order valence-electron chi connectivity index (χ4n) is 4.66. The number of benzene rings is 2. The maximum absolute atomic E-state index is 12.4. The van der Waals surface area contributed by atoms with Crippen molar-refractivity contribution >= 4 is 23.1 Å². The molecule has 38 heavy (non-hydrogen) atoms. The van der Waals surface area contributed by atoms with E-state index in [-0.39, 0.29) is 0 Å². The van der Waals surface area contributed by atoms with E-state index < -0.39 is 11.9 Å². The van der Waals surface area contributed by atoms with Gasteiger partial charge in [-0.05, 0) is 59.4 Å². The molecule has 0 bridgehead atoms. The Kier molecular flexibility index (Phi) is 9.62. The second-order valence-corrected chi connectivity index (χ2v) is 9.31. The lowest BCUT2D eigenvalue weighted by Crippen LogP contribution is -2.29. The largest absolute Gasteiger partial charge is 0.423 e. The Balaban J connectivity index is 1.32. The van der Waals surface area contributed by atoms with Crippen LogP contribution in [0, 0.1) is 0 Å². The molecule has 0 saturated carbocycles. The molecule has 0 saturated heterocycles. The Bertz CT molecular complexity index is 1180. The van der Waals surface area contributed by atoms with E-state index >= 15 is 0 Å². The molecular formula is C32H34N2O4. The smallest absolute Gasteiger partial charge is 0.336 e. The summed E-state index contributed by atoms with van der Waals surface area (Å²) < 4.78 is 10.9. The number of ether oxygens (including phenoxy) is 2. The van der Waals surface area contributed by atoms with Gasteiger partial charge in [0.25, 0.3) is 0 Å². The van der Waals surface area contributed by atoms with Gasteiger partial charge < -0.3 is 9.47 Å². The lowest BCUT2D eigenvalue weighted by Gasteiger charge is -2.26. The van der Waals surface area contributed by atoms with Crippen molar-refractivity contribution in [3.63, 3.8) is 0 Å². The summed E-state index contributed by atoms with van der Waals surface area (Å²) >= 11 is 0. The van der Waals surface area contributed by atoms with Crippen molar-refractivity contribution in [1.29, 1.82) is 0 Å². The Morgan fingerprint density at radius 3 is 1.61 bits per heavy atom. The molecule has 0 radical (unpaired) electrons. The fraction of sp³-hybridized carbons (Fsp3) is 0.250. The van der Waals surface area contributed by atoms with Crippen LogP contribution in [0.15, 0.2) is 98.1 Å². The minimum Gasteiger partial charge on any atom is -0.423 e. The SMILES string of the molecule is C=CCN1CCC=C(c2cccc(OC(=O)/C=C/C(=O)Oc3cccc(C4=CCCN(CC=C)C4)c3)c2)C1. The molecule has 2 aliphatic heterocycles. The van der Waals surface area contributed by atoms with Crippen LogP contribution >= 0.6 is 0 Å². The van der Waals surface area contributed by atoms with Crippen molar-refractivity contribution in [1.82, 2.24) is 9.80 Å². The molecule has 2 aliphatic rings. The molecule has 6 heteroatoms. The molecule has 0 unspecified atom stereocenters. The van der Waals surface area contributed by atoms with Crippen LogP contribution < -0.4 is 9.47 Å². The van der Waals surface area contributed by atoms with E-state index in [0.29, 0.717) is 11.5 Å². The van der Waals surface area contributed by atoms with Gasteiger partial charge in [0.2, 0.25) is 0 Å². The molecule has 6 nitrogen and oxygen atoms in total. The molecule has 0 atom stereocenters. The van der Waals surface area contributed by atoms with E-state index in [1.807, 2.05) is 48.6 Å². The average molecular weight is 511 g/mol. The molecule has 0 N–H and O–H groups in total. The predicted octanol–water partition coefficient (Wildman–Crippen LogP) is 5.30. The zero-order valence-electron chi connectivity index (χ0n) is 21.7. The van der Waals surface area contributed by atoms with Gasteiger partial charge in [-0.25, -0.2) is 9.59 Å². The molecule has 0 aromatic heterocycles. The first-order valence-electron chi connectivity index (χ1n) is 12.9. The number of rotatable bonds is 10. The molecular weight excluding hydrogens is 476 g/mol. The van der Waals surface area contributed by atoms with E-state index in [2.05, 4.69) is 35.1 Å². The first-order chi connectivity index (χ1) is 18.5. The summed E-state index contributed by atoms with van der Waals surface area (Å²) in [6.45, 7) is 13.0. The molecule has 2 aromatic carbocycles. The highest BCUT2D eigenvalue weighted by molar-refractivity contribution is 5.93. The molecule has 196 valence electrons. The van der Waals surface area contributed by atoms with E-state index in [0.717, 1.165) is 75.4 Å². The van der Waals surface area contributed by atoms with E-state index in [9.17, 15) is 9.59 Å². The highest BCUT2D eigenvalue weighted by Crippen LogP contribution is 2.26. The van der Waals surface area contributed by atoms with Gasteiger partial charge in [0.15, 0.2) is 0 Å². The number of hydrogen-bond acceptors (Lipinski definition) is 6. The van der Waals surface area contributed by atoms with Gasteiger partial charge in [0, 0.05) is 51.4 Å². The van der Waals surface area contributed by atoms with Crippen LogP contribution in [-0.2, 0) is 9.59 Å². The summed E-state index contributed by atoms with van der Waals surface area (Å²) in [6.07, 6.45) is 12.3. The third kappa shape index (κ3) is 7.75. The minimum atomic E-state index is -0.645. The van der Waals surface area contributed by atoms with Gasteiger partial charge in [-0.2, -0.15) is 0 Å². The second-order valence-electron chi connectivity index (χ2n) is 9.31. The maximum atomic E-state index is 12.4. The summed E-state index contributed by atoms with van der Waals surface area (Å²) in [7, 11) is 0. The van der Waals surface area contributed by atoms with Crippen LogP contribution in [0.4, 0.5) is 0 Å². The lowest BCUT2D eigenvalue weighted by atomic mass is 10.0. The Hall–Kier alpha value is -4.00. The van der Waals surface area contributed by atoms with Crippen molar-refractivity contribution in [3.05, 3.63) is 109 Å². The zero-order chi connectivity index (χ0) is 26.7. The Labute approximate surface area is 224 Å². The molecule has 0 amide bonds. The monoisotopic (exact) mass is 510 g/mol. The molecule has 0 fully saturated rings. The quantitative estimate of drug-likeness (QED) is 0.187. The number of carbonyl (C=O) groups is 2. The Morgan fingerprint density at radius 1 is 0.737 bits per heavy atom. The van der Waals surface area contributed by atoms with Crippen molar-refractivity contribution in [3.8, 4) is 11.5 Å². The highest BCUT2D eigenvalue weighted by atomic mass is 16.5. The number of esters is 2. The van der Waals surface area contributed by atoms with Crippen molar-refractivity contribution in [2.75, 3.05) is 39.3 Å². The van der Waals surface area contributed by atoms with Gasteiger partial charge >= 0.3 is 11.9 Å². The van der Waals surface area contributed by atoms with Crippen molar-refractivity contribution in [2.45, 2.75) is 12.8 Å². The molecule has 2 heterocycles. The van der Waals surface area contributed by atoms with Crippen LogP contribution in [-0.4, -0.2) is 61.0 Å². The van der Waals surface area contributed by atoms with Gasteiger partial charge in [0.05, 0.1) is 0 Å². The summed E-state index contributed by atoms with van der Waals surface area (Å²) in [5.74, 6) is -0.445. The molecule has 0 aliphatic carbocycles. The fourth-order valence-corrected chi connectivity index (χ4v) is 4.66. The average Bonchev–Trinajstić information content (AvgIpc) is 2.93. The van der Waals surface area contributed by atoms with E-state index in [4.69, 9.17) is 9.47 Å². The number of hydrogen-bond donors (Lipinski definition) is 0. The normalized spacial score (nSPS) is 16.4. The third-order valence-corrected chi connectivity index (χ3v) is 6.44. The third-order valence-electron chi connectivity index (χ3n) is 6.44. The summed E-state index contributed by atoms with van der Waals surface area (Å²) in [5, 5.41) is 0. The van der Waals surface area contributed by atoms with Crippen LogP contribution in [0.5, 0.6) is 11.5 Å². The summed E-state index contributed by atoms with van der Waals surface area (Å²) in [6, 6.07) is 14.8. The van der Waals surface area contributed by atoms with Gasteiger partial charge in [0.1, 0.15) is 11.5 Å². The number of nitrogens with zero attached hydrogens (tertiary/aromatic N) is 2. The van der Waals surface area contributed by atoms with Crippen molar-refractivity contribution < 1.29 is 19.1 Å². The second kappa shape index (κ2) is 13.5. The highest BCUT2D eigenvalue weighted by Gasteiger charge is 2.15. The lowest BCUT2D eigenvalue weighted by molar-refractivity contribution is -0.131.